The van der Waals surface area contributed by atoms with E-state index in [-0.39, 0.29) is 41.8 Å². The summed E-state index contributed by atoms with van der Waals surface area (Å²) in [5, 5.41) is 12.7. The van der Waals surface area contributed by atoms with Gasteiger partial charge in [-0.05, 0) is 6.42 Å². The van der Waals surface area contributed by atoms with Crippen LogP contribution in [0.4, 0.5) is 0 Å². The summed E-state index contributed by atoms with van der Waals surface area (Å²) in [4.78, 5) is 40.9. The topological polar surface area (TPSA) is 93.2 Å². The number of hydrogen-bond acceptors (Lipinski definition) is 5. The van der Waals surface area contributed by atoms with E-state index in [2.05, 4.69) is 10.2 Å². The van der Waals surface area contributed by atoms with Crippen molar-refractivity contribution in [3.05, 3.63) is 0 Å². The van der Waals surface area contributed by atoms with Crippen molar-refractivity contribution in [2.45, 2.75) is 44.4 Å². The average molecular weight is 338 g/mol. The van der Waals surface area contributed by atoms with Crippen LogP contribution < -0.4 is 5.32 Å². The number of likely N-dealkylation sites (tertiary alicyclic amines) is 1. The number of piperazine rings is 1. The first-order valence-corrected chi connectivity index (χ1v) is 8.53. The third-order valence-electron chi connectivity index (χ3n) is 5.40. The van der Waals surface area contributed by atoms with E-state index < -0.39 is 0 Å². The van der Waals surface area contributed by atoms with Crippen LogP contribution in [0.1, 0.15) is 26.7 Å². The van der Waals surface area contributed by atoms with Gasteiger partial charge in [-0.25, -0.2) is 0 Å². The maximum Gasteiger partial charge on any atom is 0.224 e. The van der Waals surface area contributed by atoms with Crippen LogP contribution in [0.3, 0.4) is 0 Å². The lowest BCUT2D eigenvalue weighted by atomic mass is 9.83. The summed E-state index contributed by atoms with van der Waals surface area (Å²) < 4.78 is 0. The summed E-state index contributed by atoms with van der Waals surface area (Å²) in [5.41, 5.74) is -0.226. The summed E-state index contributed by atoms with van der Waals surface area (Å²) in [6.07, 6.45) is 0.575. The standard InChI is InChI=1S/C16H26N4O4/c1-11(21)17-4-3-15(24)18-6-13-5-14(23)7-20(13)16(8-18)9-19(10-16)12(2)22/h13-14,23H,3-10H2,1-2H3,(H,17,21)/t13-,14+/m0/s1. The van der Waals surface area contributed by atoms with E-state index in [9.17, 15) is 19.5 Å². The fourth-order valence-corrected chi connectivity index (χ4v) is 4.27. The highest BCUT2D eigenvalue weighted by Crippen LogP contribution is 2.39. The normalized spacial score (nSPS) is 28.5. The van der Waals surface area contributed by atoms with Gasteiger partial charge in [0, 0.05) is 65.6 Å². The van der Waals surface area contributed by atoms with Crippen LogP contribution in [0, 0.1) is 0 Å². The van der Waals surface area contributed by atoms with Crippen LogP contribution >= 0.6 is 0 Å². The first kappa shape index (κ1) is 17.2. The molecule has 3 saturated heterocycles. The zero-order valence-corrected chi connectivity index (χ0v) is 14.3. The molecule has 3 fully saturated rings. The van der Waals surface area contributed by atoms with E-state index in [1.54, 1.807) is 11.8 Å². The largest absolute Gasteiger partial charge is 0.392 e. The SMILES string of the molecule is CC(=O)NCCC(=O)N1C[C@@H]2C[C@@H](O)CN2C2(CN(C(C)=O)C2)C1. The van der Waals surface area contributed by atoms with Crippen LogP contribution in [0.15, 0.2) is 0 Å². The van der Waals surface area contributed by atoms with Crippen molar-refractivity contribution in [1.29, 1.82) is 0 Å². The lowest BCUT2D eigenvalue weighted by Gasteiger charge is -2.60. The van der Waals surface area contributed by atoms with Crippen molar-refractivity contribution in [1.82, 2.24) is 20.0 Å². The Bertz CT molecular complexity index is 546. The minimum Gasteiger partial charge on any atom is -0.392 e. The van der Waals surface area contributed by atoms with Crippen LogP contribution in [0.25, 0.3) is 0 Å². The number of carbonyl (C=O) groups excluding carboxylic acids is 3. The van der Waals surface area contributed by atoms with Crippen LogP contribution in [0.5, 0.6) is 0 Å². The molecule has 0 aromatic rings. The Morgan fingerprint density at radius 1 is 1.12 bits per heavy atom. The van der Waals surface area contributed by atoms with Crippen molar-refractivity contribution in [3.63, 3.8) is 0 Å². The van der Waals surface area contributed by atoms with Crippen LogP contribution in [0.2, 0.25) is 0 Å². The molecule has 3 heterocycles. The number of fused-ring (bicyclic) bond motifs is 2. The predicted octanol–water partition coefficient (Wildman–Crippen LogP) is -1.61. The van der Waals surface area contributed by atoms with Gasteiger partial charge in [0.1, 0.15) is 0 Å². The molecule has 0 aliphatic carbocycles. The number of rotatable bonds is 3. The molecule has 0 saturated carbocycles. The minimum absolute atomic E-state index is 0.0189. The third kappa shape index (κ3) is 3.12. The number of carbonyl (C=O) groups is 3. The molecule has 3 aliphatic heterocycles. The Hall–Kier alpha value is -1.67. The number of hydrogen-bond donors (Lipinski definition) is 2. The molecule has 0 aromatic carbocycles. The second kappa shape index (κ2) is 6.33. The summed E-state index contributed by atoms with van der Waals surface area (Å²) in [5.74, 6) is -0.0735. The number of β-amino-alcohol motifs (C(OH)–C–C–N with tert-alkyl or cyclic N) is 1. The lowest BCUT2D eigenvalue weighted by Crippen LogP contribution is -2.79. The molecule has 1 spiro atoms. The molecule has 8 nitrogen and oxygen atoms in total. The molecule has 2 N–H and O–H groups in total. The number of aliphatic hydroxyl groups excluding tert-OH is 1. The summed E-state index contributed by atoms with van der Waals surface area (Å²) in [6, 6.07) is 0.146. The molecule has 0 bridgehead atoms. The quantitative estimate of drug-likeness (QED) is 0.646. The van der Waals surface area contributed by atoms with Gasteiger partial charge in [0.15, 0.2) is 0 Å². The first-order chi connectivity index (χ1) is 11.3. The molecule has 0 radical (unpaired) electrons. The van der Waals surface area contributed by atoms with Gasteiger partial charge < -0.3 is 20.2 Å². The minimum atomic E-state index is -0.368. The molecular weight excluding hydrogens is 312 g/mol. The van der Waals surface area contributed by atoms with Gasteiger partial charge in [0.25, 0.3) is 0 Å². The van der Waals surface area contributed by atoms with Gasteiger partial charge in [-0.2, -0.15) is 0 Å². The lowest BCUT2D eigenvalue weighted by molar-refractivity contribution is -0.160. The fraction of sp³-hybridized carbons (Fsp3) is 0.812. The van der Waals surface area contributed by atoms with Gasteiger partial charge in [-0.3, -0.25) is 19.3 Å². The van der Waals surface area contributed by atoms with Gasteiger partial charge in [-0.1, -0.05) is 0 Å². The molecule has 134 valence electrons. The molecule has 3 aliphatic rings. The Morgan fingerprint density at radius 3 is 2.42 bits per heavy atom. The van der Waals surface area contributed by atoms with Crippen molar-refractivity contribution >= 4 is 17.7 Å². The monoisotopic (exact) mass is 338 g/mol. The molecular formula is C16H26N4O4. The molecule has 0 unspecified atom stereocenters. The van der Waals surface area contributed by atoms with Gasteiger partial charge in [0.05, 0.1) is 11.6 Å². The smallest absolute Gasteiger partial charge is 0.224 e. The van der Waals surface area contributed by atoms with E-state index in [4.69, 9.17) is 0 Å². The zero-order valence-electron chi connectivity index (χ0n) is 14.3. The molecule has 3 amide bonds. The van der Waals surface area contributed by atoms with E-state index in [1.807, 2.05) is 4.90 Å². The number of aliphatic hydroxyl groups is 1. The molecule has 24 heavy (non-hydrogen) atoms. The maximum atomic E-state index is 12.5. The van der Waals surface area contributed by atoms with E-state index in [1.165, 1.54) is 6.92 Å². The highest BCUT2D eigenvalue weighted by Gasteiger charge is 2.57. The van der Waals surface area contributed by atoms with Gasteiger partial charge >= 0.3 is 0 Å². The number of nitrogens with one attached hydrogen (secondary N) is 1. The van der Waals surface area contributed by atoms with E-state index >= 15 is 0 Å². The van der Waals surface area contributed by atoms with E-state index in [0.717, 1.165) is 0 Å². The molecule has 3 rings (SSSR count). The Kier molecular flexibility index (Phi) is 4.52. The van der Waals surface area contributed by atoms with Crippen molar-refractivity contribution in [2.75, 3.05) is 39.3 Å². The summed E-state index contributed by atoms with van der Waals surface area (Å²) in [7, 11) is 0. The zero-order chi connectivity index (χ0) is 17.5. The summed E-state index contributed by atoms with van der Waals surface area (Å²) >= 11 is 0. The van der Waals surface area contributed by atoms with Crippen molar-refractivity contribution < 1.29 is 19.5 Å². The third-order valence-corrected chi connectivity index (χ3v) is 5.40. The second-order valence-electron chi connectivity index (χ2n) is 7.30. The molecule has 8 heteroatoms. The molecule has 0 aromatic heterocycles. The van der Waals surface area contributed by atoms with Crippen molar-refractivity contribution in [3.8, 4) is 0 Å². The van der Waals surface area contributed by atoms with Gasteiger partial charge in [-0.15, -0.1) is 0 Å². The molecule has 2 atom stereocenters. The van der Waals surface area contributed by atoms with E-state index in [0.29, 0.717) is 45.7 Å². The Morgan fingerprint density at radius 2 is 1.79 bits per heavy atom. The fourth-order valence-electron chi connectivity index (χ4n) is 4.27. The van der Waals surface area contributed by atoms with Gasteiger partial charge in [0.2, 0.25) is 17.7 Å². The summed E-state index contributed by atoms with van der Waals surface area (Å²) in [6.45, 7) is 6.36. The van der Waals surface area contributed by atoms with Crippen molar-refractivity contribution in [2.24, 2.45) is 0 Å². The maximum absolute atomic E-state index is 12.5. The number of nitrogens with zero attached hydrogens (tertiary/aromatic N) is 3. The Balaban J connectivity index is 1.67. The Labute approximate surface area is 141 Å². The van der Waals surface area contributed by atoms with Crippen LogP contribution in [-0.4, -0.2) is 94.5 Å². The highest BCUT2D eigenvalue weighted by atomic mass is 16.3. The highest BCUT2D eigenvalue weighted by molar-refractivity contribution is 5.79. The first-order valence-electron chi connectivity index (χ1n) is 8.53. The second-order valence-corrected chi connectivity index (χ2v) is 7.30. The number of amides is 3. The predicted molar refractivity (Wildman–Crippen MR) is 86.0 cm³/mol. The van der Waals surface area contributed by atoms with Crippen LogP contribution in [-0.2, 0) is 14.4 Å². The average Bonchev–Trinajstić information content (AvgIpc) is 2.83.